The van der Waals surface area contributed by atoms with Gasteiger partial charge in [-0.2, -0.15) is 5.10 Å². The number of para-hydroxylation sites is 1. The summed E-state index contributed by atoms with van der Waals surface area (Å²) in [6, 6.07) is 25.5. The van der Waals surface area contributed by atoms with Crippen LogP contribution in [-0.2, 0) is 20.7 Å². The van der Waals surface area contributed by atoms with E-state index in [0.717, 1.165) is 11.3 Å². The van der Waals surface area contributed by atoms with E-state index in [9.17, 15) is 14.7 Å². The molecule has 1 heterocycles. The smallest absolute Gasteiger partial charge is 0.314 e. The first-order valence-electron chi connectivity index (χ1n) is 10.3. The van der Waals surface area contributed by atoms with Gasteiger partial charge in [0.1, 0.15) is 12.5 Å². The molecule has 0 radical (unpaired) electrons. The van der Waals surface area contributed by atoms with Gasteiger partial charge in [-0.05, 0) is 29.8 Å². The van der Waals surface area contributed by atoms with Gasteiger partial charge in [-0.1, -0.05) is 72.3 Å². The SMILES string of the molecule is O=C(Cc1cn(-c2ccccc2)nc1-c1ccc(Cl)cc1)OC[C@H](C(=O)O)c1ccccc1. The summed E-state index contributed by atoms with van der Waals surface area (Å²) >= 11 is 6.02. The van der Waals surface area contributed by atoms with Gasteiger partial charge in [-0.3, -0.25) is 9.59 Å². The second-order valence-corrected chi connectivity index (χ2v) is 7.89. The number of aliphatic carboxylic acids is 1. The van der Waals surface area contributed by atoms with E-state index >= 15 is 0 Å². The molecule has 3 aromatic carbocycles. The lowest BCUT2D eigenvalue weighted by Gasteiger charge is -2.13. The fourth-order valence-electron chi connectivity index (χ4n) is 3.48. The summed E-state index contributed by atoms with van der Waals surface area (Å²) in [4.78, 5) is 24.4. The van der Waals surface area contributed by atoms with Crippen LogP contribution in [0.15, 0.2) is 91.1 Å². The Morgan fingerprint density at radius 2 is 1.58 bits per heavy atom. The quantitative estimate of drug-likeness (QED) is 0.368. The molecule has 0 aliphatic carbocycles. The van der Waals surface area contributed by atoms with E-state index in [0.29, 0.717) is 21.8 Å². The third kappa shape index (κ3) is 5.48. The minimum Gasteiger partial charge on any atom is -0.481 e. The number of ether oxygens (including phenoxy) is 1. The number of rotatable bonds is 8. The topological polar surface area (TPSA) is 81.4 Å². The monoisotopic (exact) mass is 460 g/mol. The molecule has 1 aromatic heterocycles. The summed E-state index contributed by atoms with van der Waals surface area (Å²) in [7, 11) is 0. The van der Waals surface area contributed by atoms with Gasteiger partial charge in [0.05, 0.1) is 17.8 Å². The fraction of sp³-hybridized carbons (Fsp3) is 0.115. The van der Waals surface area contributed by atoms with Gasteiger partial charge in [0.2, 0.25) is 0 Å². The zero-order valence-electron chi connectivity index (χ0n) is 17.6. The third-order valence-corrected chi connectivity index (χ3v) is 5.43. The summed E-state index contributed by atoms with van der Waals surface area (Å²) in [6.07, 6.45) is 1.73. The number of hydrogen-bond acceptors (Lipinski definition) is 4. The van der Waals surface area contributed by atoms with E-state index in [2.05, 4.69) is 5.10 Å². The highest BCUT2D eigenvalue weighted by molar-refractivity contribution is 6.30. The number of halogens is 1. The molecular weight excluding hydrogens is 440 g/mol. The normalized spacial score (nSPS) is 11.7. The Morgan fingerprint density at radius 1 is 0.939 bits per heavy atom. The first kappa shape index (κ1) is 22.3. The molecule has 0 fully saturated rings. The molecule has 0 saturated heterocycles. The molecule has 33 heavy (non-hydrogen) atoms. The Bertz CT molecular complexity index is 1240. The number of carbonyl (C=O) groups excluding carboxylic acids is 1. The van der Waals surface area contributed by atoms with Crippen molar-refractivity contribution in [3.63, 3.8) is 0 Å². The highest BCUT2D eigenvalue weighted by Gasteiger charge is 2.23. The number of esters is 1. The molecule has 7 heteroatoms. The van der Waals surface area contributed by atoms with Crippen molar-refractivity contribution in [2.45, 2.75) is 12.3 Å². The Hall–Kier alpha value is -3.90. The van der Waals surface area contributed by atoms with E-state index in [4.69, 9.17) is 16.3 Å². The number of hydrogen-bond donors (Lipinski definition) is 1. The molecule has 0 amide bonds. The van der Waals surface area contributed by atoms with Crippen LogP contribution in [0.1, 0.15) is 17.0 Å². The summed E-state index contributed by atoms with van der Waals surface area (Å²) in [5, 5.41) is 14.8. The van der Waals surface area contributed by atoms with Crippen molar-refractivity contribution in [1.82, 2.24) is 9.78 Å². The van der Waals surface area contributed by atoms with Gasteiger partial charge < -0.3 is 9.84 Å². The van der Waals surface area contributed by atoms with Crippen LogP contribution in [-0.4, -0.2) is 33.4 Å². The maximum Gasteiger partial charge on any atom is 0.314 e. The molecule has 4 rings (SSSR count). The standard InChI is InChI=1S/C26H21ClN2O4/c27-21-13-11-19(12-14-21)25-20(16-29(28-25)22-9-5-2-6-10-22)15-24(30)33-17-23(26(31)32)18-7-3-1-4-8-18/h1-14,16,23H,15,17H2,(H,31,32)/t23-/m0/s1. The lowest BCUT2D eigenvalue weighted by Crippen LogP contribution is -2.21. The molecule has 1 atom stereocenters. The number of nitrogens with zero attached hydrogens (tertiary/aromatic N) is 2. The van der Waals surface area contributed by atoms with Crippen LogP contribution in [0.4, 0.5) is 0 Å². The maximum atomic E-state index is 12.7. The lowest BCUT2D eigenvalue weighted by molar-refractivity contribution is -0.147. The highest BCUT2D eigenvalue weighted by Crippen LogP contribution is 2.26. The largest absolute Gasteiger partial charge is 0.481 e. The third-order valence-electron chi connectivity index (χ3n) is 5.17. The maximum absolute atomic E-state index is 12.7. The molecule has 0 unspecified atom stereocenters. The van der Waals surface area contributed by atoms with Crippen molar-refractivity contribution in [2.75, 3.05) is 6.61 Å². The number of carbonyl (C=O) groups is 2. The van der Waals surface area contributed by atoms with Crippen molar-refractivity contribution in [3.8, 4) is 16.9 Å². The second-order valence-electron chi connectivity index (χ2n) is 7.45. The number of carboxylic acids is 1. The average molecular weight is 461 g/mol. The lowest BCUT2D eigenvalue weighted by atomic mass is 10.0. The van der Waals surface area contributed by atoms with Crippen molar-refractivity contribution in [3.05, 3.63) is 107 Å². The van der Waals surface area contributed by atoms with E-state index in [1.165, 1.54) is 0 Å². The Morgan fingerprint density at radius 3 is 2.21 bits per heavy atom. The minimum absolute atomic E-state index is 0.0497. The van der Waals surface area contributed by atoms with Gasteiger partial charge in [0.25, 0.3) is 0 Å². The highest BCUT2D eigenvalue weighted by atomic mass is 35.5. The first-order chi connectivity index (χ1) is 16.0. The van der Waals surface area contributed by atoms with E-state index < -0.39 is 17.9 Å². The molecule has 1 N–H and O–H groups in total. The van der Waals surface area contributed by atoms with Crippen LogP contribution in [0, 0.1) is 0 Å². The second kappa shape index (κ2) is 10.1. The van der Waals surface area contributed by atoms with Crippen LogP contribution < -0.4 is 0 Å². The van der Waals surface area contributed by atoms with Crippen molar-refractivity contribution in [2.24, 2.45) is 0 Å². The summed E-state index contributed by atoms with van der Waals surface area (Å²) in [6.45, 7) is -0.249. The molecule has 166 valence electrons. The molecule has 0 aliphatic rings. The molecular formula is C26H21ClN2O4. The zero-order chi connectivity index (χ0) is 23.2. The Labute approximate surface area is 196 Å². The number of aromatic nitrogens is 2. The molecule has 0 spiro atoms. The van der Waals surface area contributed by atoms with E-state index in [1.807, 2.05) is 42.5 Å². The molecule has 0 aliphatic heterocycles. The van der Waals surface area contributed by atoms with Gasteiger partial charge >= 0.3 is 11.9 Å². The summed E-state index contributed by atoms with van der Waals surface area (Å²) in [5.74, 6) is -2.51. The van der Waals surface area contributed by atoms with Gasteiger partial charge in [0, 0.05) is 22.3 Å². The van der Waals surface area contributed by atoms with Crippen molar-refractivity contribution < 1.29 is 19.4 Å². The molecule has 0 bridgehead atoms. The Kier molecular flexibility index (Phi) is 6.86. The summed E-state index contributed by atoms with van der Waals surface area (Å²) in [5.41, 5.74) is 3.53. The average Bonchev–Trinajstić information content (AvgIpc) is 3.24. The number of benzene rings is 3. The molecule has 0 saturated carbocycles. The van der Waals surface area contributed by atoms with Crippen LogP contribution in [0.5, 0.6) is 0 Å². The van der Waals surface area contributed by atoms with Gasteiger partial charge in [-0.25, -0.2) is 4.68 Å². The van der Waals surface area contributed by atoms with Crippen LogP contribution in [0.2, 0.25) is 5.02 Å². The summed E-state index contributed by atoms with van der Waals surface area (Å²) < 4.78 is 7.08. The van der Waals surface area contributed by atoms with E-state index in [-0.39, 0.29) is 13.0 Å². The minimum atomic E-state index is -1.05. The van der Waals surface area contributed by atoms with Crippen molar-refractivity contribution in [1.29, 1.82) is 0 Å². The zero-order valence-corrected chi connectivity index (χ0v) is 18.4. The van der Waals surface area contributed by atoms with Crippen molar-refractivity contribution >= 4 is 23.5 Å². The predicted molar refractivity (Wildman–Crippen MR) is 125 cm³/mol. The van der Waals surface area contributed by atoms with Crippen LogP contribution in [0.3, 0.4) is 0 Å². The predicted octanol–water partition coefficient (Wildman–Crippen LogP) is 5.15. The van der Waals surface area contributed by atoms with Crippen LogP contribution in [0.25, 0.3) is 16.9 Å². The molecule has 4 aromatic rings. The Balaban J connectivity index is 1.56. The number of carboxylic acid groups (broad SMARTS) is 1. The molecule has 6 nitrogen and oxygen atoms in total. The first-order valence-corrected chi connectivity index (χ1v) is 10.7. The van der Waals surface area contributed by atoms with E-state index in [1.54, 1.807) is 53.3 Å². The van der Waals surface area contributed by atoms with Gasteiger partial charge in [0.15, 0.2) is 0 Å². The van der Waals surface area contributed by atoms with Crippen LogP contribution >= 0.6 is 11.6 Å². The fourth-order valence-corrected chi connectivity index (χ4v) is 3.61. The van der Waals surface area contributed by atoms with Gasteiger partial charge in [-0.15, -0.1) is 0 Å².